The molecule has 2 aliphatic heterocycles. The number of anilines is 2. The average Bonchev–Trinajstić information content (AvgIpc) is 3.13. The summed E-state index contributed by atoms with van der Waals surface area (Å²) in [6, 6.07) is 2.11. The number of fused-ring (bicyclic) bond motifs is 1. The summed E-state index contributed by atoms with van der Waals surface area (Å²) in [7, 11) is 0. The number of carbonyl (C=O) groups excluding carboxylic acids is 1. The molecular formula is C17H26N4O. The summed E-state index contributed by atoms with van der Waals surface area (Å²) >= 11 is 0. The lowest BCUT2D eigenvalue weighted by molar-refractivity contribution is -0.116. The SMILES string of the molecule is CC.CC(=O)N1CCc2c(N3CCNC4(CC4)C3)ccnc21. The molecule has 3 aliphatic rings. The van der Waals surface area contributed by atoms with Gasteiger partial charge in [0.2, 0.25) is 5.91 Å². The smallest absolute Gasteiger partial charge is 0.225 e. The molecule has 0 atom stereocenters. The molecule has 1 amide bonds. The lowest BCUT2D eigenvalue weighted by Gasteiger charge is -2.36. The number of nitrogens with zero attached hydrogens (tertiary/aromatic N) is 3. The fourth-order valence-corrected chi connectivity index (χ4v) is 3.52. The fourth-order valence-electron chi connectivity index (χ4n) is 3.52. The first-order chi connectivity index (χ1) is 10.7. The molecule has 0 bridgehead atoms. The van der Waals surface area contributed by atoms with Gasteiger partial charge in [0.25, 0.3) is 0 Å². The van der Waals surface area contributed by atoms with E-state index in [4.69, 9.17) is 0 Å². The van der Waals surface area contributed by atoms with E-state index in [0.717, 1.165) is 38.4 Å². The van der Waals surface area contributed by atoms with Crippen LogP contribution in [0, 0.1) is 0 Å². The van der Waals surface area contributed by atoms with Crippen molar-refractivity contribution in [2.24, 2.45) is 0 Å². The Morgan fingerprint density at radius 1 is 1.32 bits per heavy atom. The van der Waals surface area contributed by atoms with Crippen molar-refractivity contribution >= 4 is 17.4 Å². The van der Waals surface area contributed by atoms with E-state index >= 15 is 0 Å². The molecule has 1 saturated carbocycles. The topological polar surface area (TPSA) is 48.5 Å². The van der Waals surface area contributed by atoms with Gasteiger partial charge in [-0.2, -0.15) is 0 Å². The second-order valence-corrected chi connectivity index (χ2v) is 6.18. The van der Waals surface area contributed by atoms with Gasteiger partial charge in [0.1, 0.15) is 5.82 Å². The number of aromatic nitrogens is 1. The third-order valence-electron chi connectivity index (χ3n) is 4.80. The van der Waals surface area contributed by atoms with Gasteiger partial charge < -0.3 is 10.2 Å². The van der Waals surface area contributed by atoms with E-state index in [1.165, 1.54) is 24.1 Å². The summed E-state index contributed by atoms with van der Waals surface area (Å²) in [4.78, 5) is 20.4. The van der Waals surface area contributed by atoms with Crippen LogP contribution in [-0.4, -0.2) is 42.6 Å². The van der Waals surface area contributed by atoms with Gasteiger partial charge in [0, 0.05) is 56.1 Å². The maximum atomic E-state index is 11.7. The van der Waals surface area contributed by atoms with Gasteiger partial charge in [-0.25, -0.2) is 4.98 Å². The second kappa shape index (κ2) is 5.88. The lowest BCUT2D eigenvalue weighted by Crippen LogP contribution is -2.52. The van der Waals surface area contributed by atoms with Crippen LogP contribution in [0.3, 0.4) is 0 Å². The van der Waals surface area contributed by atoms with Crippen LogP contribution in [0.1, 0.15) is 39.2 Å². The standard InChI is InChI=1S/C15H20N4O.C2H6/c1-11(20)19-8-3-12-13(2-6-16-14(12)19)18-9-7-17-15(10-18)4-5-15;1-2/h2,6,17H,3-5,7-10H2,1H3;1-2H3. The van der Waals surface area contributed by atoms with Gasteiger partial charge in [-0.1, -0.05) is 13.8 Å². The number of amides is 1. The molecule has 3 heterocycles. The highest BCUT2D eigenvalue weighted by molar-refractivity contribution is 5.93. The summed E-state index contributed by atoms with van der Waals surface area (Å²) in [6.45, 7) is 9.56. The predicted molar refractivity (Wildman–Crippen MR) is 89.5 cm³/mol. The first-order valence-corrected chi connectivity index (χ1v) is 8.45. The summed E-state index contributed by atoms with van der Waals surface area (Å²) in [6.07, 6.45) is 5.35. The van der Waals surface area contributed by atoms with E-state index < -0.39 is 0 Å². The average molecular weight is 302 g/mol. The van der Waals surface area contributed by atoms with Crippen molar-refractivity contribution in [1.82, 2.24) is 10.3 Å². The number of hydrogen-bond donors (Lipinski definition) is 1. The summed E-state index contributed by atoms with van der Waals surface area (Å²) in [5.74, 6) is 0.964. The largest absolute Gasteiger partial charge is 0.368 e. The summed E-state index contributed by atoms with van der Waals surface area (Å²) in [5.41, 5.74) is 2.90. The molecule has 4 rings (SSSR count). The van der Waals surface area contributed by atoms with Gasteiger partial charge >= 0.3 is 0 Å². The second-order valence-electron chi connectivity index (χ2n) is 6.18. The van der Waals surface area contributed by atoms with Crippen LogP contribution in [0.5, 0.6) is 0 Å². The van der Waals surface area contributed by atoms with E-state index in [2.05, 4.69) is 21.3 Å². The molecule has 1 aliphatic carbocycles. The van der Waals surface area contributed by atoms with Crippen LogP contribution in [0.4, 0.5) is 11.5 Å². The molecule has 2 fully saturated rings. The Hall–Kier alpha value is -1.62. The van der Waals surface area contributed by atoms with Crippen LogP contribution >= 0.6 is 0 Å². The monoisotopic (exact) mass is 302 g/mol. The molecule has 1 N–H and O–H groups in total. The van der Waals surface area contributed by atoms with Gasteiger partial charge in [-0.05, 0) is 25.3 Å². The Bertz CT molecular complexity index is 568. The minimum atomic E-state index is 0.0902. The molecule has 0 aromatic carbocycles. The molecule has 1 aromatic heterocycles. The van der Waals surface area contributed by atoms with E-state index in [1.807, 2.05) is 20.0 Å². The number of hydrogen-bond acceptors (Lipinski definition) is 4. The first-order valence-electron chi connectivity index (χ1n) is 8.45. The molecular weight excluding hydrogens is 276 g/mol. The Morgan fingerprint density at radius 2 is 2.09 bits per heavy atom. The van der Waals surface area contributed by atoms with Crippen molar-refractivity contribution in [1.29, 1.82) is 0 Å². The summed E-state index contributed by atoms with van der Waals surface area (Å²) < 4.78 is 0. The molecule has 22 heavy (non-hydrogen) atoms. The van der Waals surface area contributed by atoms with E-state index in [-0.39, 0.29) is 5.91 Å². The van der Waals surface area contributed by atoms with Crippen LogP contribution in [0.2, 0.25) is 0 Å². The zero-order valence-electron chi connectivity index (χ0n) is 13.9. The highest BCUT2D eigenvalue weighted by atomic mass is 16.2. The molecule has 0 unspecified atom stereocenters. The quantitative estimate of drug-likeness (QED) is 0.861. The number of carbonyl (C=O) groups is 1. The van der Waals surface area contributed by atoms with Crippen LogP contribution in [0.15, 0.2) is 12.3 Å². The van der Waals surface area contributed by atoms with Crippen molar-refractivity contribution in [3.8, 4) is 0 Å². The van der Waals surface area contributed by atoms with Crippen molar-refractivity contribution in [3.05, 3.63) is 17.8 Å². The molecule has 1 spiro atoms. The highest BCUT2D eigenvalue weighted by Gasteiger charge is 2.46. The first kappa shape index (κ1) is 15.3. The normalized spacial score (nSPS) is 21.2. The van der Waals surface area contributed by atoms with Crippen molar-refractivity contribution in [2.45, 2.75) is 45.6 Å². The molecule has 5 nitrogen and oxygen atoms in total. The highest BCUT2D eigenvalue weighted by Crippen LogP contribution is 2.41. The van der Waals surface area contributed by atoms with E-state index in [9.17, 15) is 4.79 Å². The third kappa shape index (κ3) is 2.58. The maximum absolute atomic E-state index is 11.7. The van der Waals surface area contributed by atoms with Gasteiger partial charge in [0.05, 0.1) is 0 Å². The number of pyridine rings is 1. The van der Waals surface area contributed by atoms with Gasteiger partial charge in [-0.15, -0.1) is 0 Å². The fraction of sp³-hybridized carbons (Fsp3) is 0.647. The van der Waals surface area contributed by atoms with Gasteiger partial charge in [-0.3, -0.25) is 9.69 Å². The van der Waals surface area contributed by atoms with E-state index in [0.29, 0.717) is 5.54 Å². The molecule has 1 aromatic rings. The van der Waals surface area contributed by atoms with Crippen LogP contribution in [-0.2, 0) is 11.2 Å². The lowest BCUT2D eigenvalue weighted by atomic mass is 10.1. The van der Waals surface area contributed by atoms with Crippen LogP contribution < -0.4 is 15.1 Å². The Balaban J connectivity index is 0.000000693. The van der Waals surface area contributed by atoms with Crippen molar-refractivity contribution < 1.29 is 4.79 Å². The number of rotatable bonds is 1. The number of nitrogens with one attached hydrogen (secondary N) is 1. The van der Waals surface area contributed by atoms with Crippen molar-refractivity contribution in [2.75, 3.05) is 36.0 Å². The molecule has 1 saturated heterocycles. The minimum Gasteiger partial charge on any atom is -0.368 e. The Morgan fingerprint density at radius 3 is 2.77 bits per heavy atom. The third-order valence-corrected chi connectivity index (χ3v) is 4.80. The predicted octanol–water partition coefficient (Wildman–Crippen LogP) is 1.96. The zero-order chi connectivity index (χ0) is 15.7. The van der Waals surface area contributed by atoms with Crippen LogP contribution in [0.25, 0.3) is 0 Å². The molecule has 5 heteroatoms. The zero-order valence-corrected chi connectivity index (χ0v) is 13.9. The van der Waals surface area contributed by atoms with Crippen molar-refractivity contribution in [3.63, 3.8) is 0 Å². The Labute approximate surface area is 132 Å². The molecule has 120 valence electrons. The van der Waals surface area contributed by atoms with Gasteiger partial charge in [0.15, 0.2) is 0 Å². The Kier molecular flexibility index (Phi) is 4.08. The minimum absolute atomic E-state index is 0.0902. The molecule has 0 radical (unpaired) electrons. The van der Waals surface area contributed by atoms with E-state index in [1.54, 1.807) is 11.8 Å². The summed E-state index contributed by atoms with van der Waals surface area (Å²) in [5, 5.41) is 3.64. The number of piperazine rings is 1. The maximum Gasteiger partial charge on any atom is 0.225 e.